The van der Waals surface area contributed by atoms with Crippen molar-refractivity contribution in [1.29, 1.82) is 0 Å². The smallest absolute Gasteiger partial charge is 0.343 e. The molecule has 3 atom stereocenters. The molecule has 2 aliphatic heterocycles. The van der Waals surface area contributed by atoms with Gasteiger partial charge in [0, 0.05) is 12.1 Å². The third kappa shape index (κ3) is 4.70. The van der Waals surface area contributed by atoms with Crippen molar-refractivity contribution in [3.63, 3.8) is 0 Å². The van der Waals surface area contributed by atoms with Gasteiger partial charge in [-0.3, -0.25) is 24.5 Å². The summed E-state index contributed by atoms with van der Waals surface area (Å²) in [6.07, 6.45) is -1.10. The van der Waals surface area contributed by atoms with Gasteiger partial charge < -0.3 is 4.74 Å². The normalized spacial score (nSPS) is 19.8. The third-order valence-corrected chi connectivity index (χ3v) is 7.16. The number of imide groups is 1. The van der Waals surface area contributed by atoms with Gasteiger partial charge >= 0.3 is 5.97 Å². The van der Waals surface area contributed by atoms with Crippen LogP contribution in [-0.4, -0.2) is 28.8 Å². The molecule has 0 aliphatic carbocycles. The predicted octanol–water partition coefficient (Wildman–Crippen LogP) is 5.17. The quantitative estimate of drug-likeness (QED) is 0.106. The highest BCUT2D eigenvalue weighted by atomic mass is 16.7. The van der Waals surface area contributed by atoms with Gasteiger partial charge in [-0.1, -0.05) is 48.0 Å². The molecule has 0 N–H and O–H groups in total. The number of nitro groups is 1. The summed E-state index contributed by atoms with van der Waals surface area (Å²) in [6.45, 7) is 1.91. The first kappa shape index (κ1) is 25.9. The molecule has 2 amide bonds. The molecule has 4 aromatic rings. The number of hydrogen-bond acceptors (Lipinski definition) is 8. The van der Waals surface area contributed by atoms with Gasteiger partial charge in [0.2, 0.25) is 5.91 Å². The minimum absolute atomic E-state index is 0.105. The number of hydroxylamine groups is 1. The molecule has 10 nitrogen and oxygen atoms in total. The summed E-state index contributed by atoms with van der Waals surface area (Å²) in [5.41, 5.74) is 2.80. The van der Waals surface area contributed by atoms with E-state index in [-0.39, 0.29) is 5.69 Å². The van der Waals surface area contributed by atoms with Crippen LogP contribution in [0.1, 0.15) is 27.5 Å². The second kappa shape index (κ2) is 10.3. The number of hydrogen-bond donors (Lipinski definition) is 0. The van der Waals surface area contributed by atoms with E-state index in [9.17, 15) is 24.5 Å². The van der Waals surface area contributed by atoms with Gasteiger partial charge in [0.25, 0.3) is 11.6 Å². The molecule has 2 heterocycles. The second-order valence-corrected chi connectivity index (χ2v) is 9.77. The average molecular weight is 550 g/mol. The number of benzene rings is 4. The van der Waals surface area contributed by atoms with Gasteiger partial charge in [-0.2, -0.15) is 0 Å². The van der Waals surface area contributed by atoms with Crippen LogP contribution in [0.4, 0.5) is 17.1 Å². The Kier molecular flexibility index (Phi) is 6.52. The summed E-state index contributed by atoms with van der Waals surface area (Å²) in [6, 6.07) is 27.2. The number of ether oxygens (including phenoxy) is 1. The second-order valence-electron chi connectivity index (χ2n) is 9.77. The highest BCUT2D eigenvalue weighted by molar-refractivity contribution is 6.23. The molecule has 204 valence electrons. The number of esters is 1. The van der Waals surface area contributed by atoms with Gasteiger partial charge in [-0.05, 0) is 61.0 Å². The molecule has 0 saturated carbocycles. The van der Waals surface area contributed by atoms with Crippen LogP contribution < -0.4 is 14.7 Å². The summed E-state index contributed by atoms with van der Waals surface area (Å²) < 4.78 is 5.50. The SMILES string of the molecule is Cc1ccc(N2C(=O)[C@H]3[C@@H](c4ccc(OC(=O)c5ccccc5)cc4)N(c4ccc([N+](=O)[O-])cc4)O[C@H]3C2=O)cc1. The molecule has 2 fully saturated rings. The van der Waals surface area contributed by atoms with Gasteiger partial charge in [0.05, 0.1) is 27.9 Å². The number of aryl methyl sites for hydroxylation is 1. The zero-order valence-electron chi connectivity index (χ0n) is 21.7. The Labute approximate surface area is 234 Å². The Bertz CT molecular complexity index is 1640. The van der Waals surface area contributed by atoms with E-state index in [0.29, 0.717) is 28.3 Å². The maximum Gasteiger partial charge on any atom is 0.343 e. The predicted molar refractivity (Wildman–Crippen MR) is 148 cm³/mol. The van der Waals surface area contributed by atoms with Crippen molar-refractivity contribution >= 4 is 34.8 Å². The summed E-state index contributed by atoms with van der Waals surface area (Å²) in [4.78, 5) is 57.7. The summed E-state index contributed by atoms with van der Waals surface area (Å²) in [5, 5.41) is 12.6. The topological polar surface area (TPSA) is 119 Å². The summed E-state index contributed by atoms with van der Waals surface area (Å²) >= 11 is 0. The van der Waals surface area contributed by atoms with Gasteiger partial charge in [-0.15, -0.1) is 0 Å². The number of carbonyl (C=O) groups is 3. The molecule has 10 heteroatoms. The lowest BCUT2D eigenvalue weighted by Crippen LogP contribution is -2.37. The van der Waals surface area contributed by atoms with E-state index in [4.69, 9.17) is 9.57 Å². The first-order chi connectivity index (χ1) is 19.8. The molecule has 6 rings (SSSR count). The lowest BCUT2D eigenvalue weighted by atomic mass is 9.90. The van der Waals surface area contributed by atoms with Crippen molar-refractivity contribution in [2.24, 2.45) is 5.92 Å². The number of amides is 2. The number of nitro benzene ring substituents is 1. The molecule has 41 heavy (non-hydrogen) atoms. The third-order valence-electron chi connectivity index (χ3n) is 7.16. The van der Waals surface area contributed by atoms with Crippen LogP contribution in [0.5, 0.6) is 5.75 Å². The van der Waals surface area contributed by atoms with Gasteiger partial charge in [0.15, 0.2) is 6.10 Å². The van der Waals surface area contributed by atoms with Crippen LogP contribution in [0.2, 0.25) is 0 Å². The summed E-state index contributed by atoms with van der Waals surface area (Å²) in [5.74, 6) is -2.02. The number of non-ortho nitro benzene ring substituents is 1. The molecule has 0 unspecified atom stereocenters. The Morgan fingerprint density at radius 1 is 0.829 bits per heavy atom. The fraction of sp³-hybridized carbons (Fsp3) is 0.129. The van der Waals surface area contributed by atoms with Crippen molar-refractivity contribution in [2.45, 2.75) is 19.1 Å². The molecule has 0 aromatic heterocycles. The zero-order chi connectivity index (χ0) is 28.7. The monoisotopic (exact) mass is 549 g/mol. The number of anilines is 2. The molecule has 0 bridgehead atoms. The van der Waals surface area contributed by atoms with Crippen LogP contribution in [0.25, 0.3) is 0 Å². The number of carbonyl (C=O) groups excluding carboxylic acids is 3. The van der Waals surface area contributed by atoms with E-state index >= 15 is 0 Å². The van der Waals surface area contributed by atoms with Gasteiger partial charge in [0.1, 0.15) is 11.7 Å². The van der Waals surface area contributed by atoms with E-state index in [1.54, 1.807) is 66.7 Å². The molecule has 2 aliphatic rings. The van der Waals surface area contributed by atoms with E-state index in [1.165, 1.54) is 29.3 Å². The molecule has 2 saturated heterocycles. The van der Waals surface area contributed by atoms with E-state index in [2.05, 4.69) is 0 Å². The Morgan fingerprint density at radius 3 is 2.10 bits per heavy atom. The molecule has 0 radical (unpaired) electrons. The first-order valence-corrected chi connectivity index (χ1v) is 12.8. The van der Waals surface area contributed by atoms with Crippen molar-refractivity contribution in [1.82, 2.24) is 0 Å². The van der Waals surface area contributed by atoms with Crippen LogP contribution in [0.15, 0.2) is 103 Å². The van der Waals surface area contributed by atoms with Crippen LogP contribution in [-0.2, 0) is 14.4 Å². The lowest BCUT2D eigenvalue weighted by Gasteiger charge is -2.28. The minimum Gasteiger partial charge on any atom is -0.423 e. The zero-order valence-corrected chi connectivity index (χ0v) is 21.7. The molecule has 0 spiro atoms. The number of fused-ring (bicyclic) bond motifs is 1. The average Bonchev–Trinajstić information content (AvgIpc) is 3.50. The van der Waals surface area contributed by atoms with E-state index < -0.39 is 40.8 Å². The van der Waals surface area contributed by atoms with E-state index in [0.717, 1.165) is 10.5 Å². The van der Waals surface area contributed by atoms with Crippen LogP contribution in [0, 0.1) is 23.0 Å². The maximum atomic E-state index is 13.8. The van der Waals surface area contributed by atoms with Gasteiger partial charge in [-0.25, -0.2) is 14.8 Å². The highest BCUT2D eigenvalue weighted by Crippen LogP contribution is 2.48. The Hall–Kier alpha value is -5.35. The standard InChI is InChI=1S/C31H23N3O7/c1-19-7-11-22(12-8-19)32-29(35)26-27(20-9-17-25(18-10-20)40-31(37)21-5-3-2-4-6-21)33(41-28(26)30(32)36)23-13-15-24(16-14-23)34(38)39/h2-18,26-28H,1H3/t26-,27+,28+/m0/s1. The maximum absolute atomic E-state index is 13.8. The lowest BCUT2D eigenvalue weighted by molar-refractivity contribution is -0.384. The Balaban J connectivity index is 1.34. The fourth-order valence-electron chi connectivity index (χ4n) is 5.12. The van der Waals surface area contributed by atoms with E-state index in [1.807, 2.05) is 19.1 Å². The number of rotatable bonds is 6. The number of nitrogens with zero attached hydrogens (tertiary/aromatic N) is 3. The first-order valence-electron chi connectivity index (χ1n) is 12.8. The molecule has 4 aromatic carbocycles. The highest BCUT2D eigenvalue weighted by Gasteiger charge is 2.60. The van der Waals surface area contributed by atoms with Crippen molar-refractivity contribution in [3.05, 3.63) is 130 Å². The fourth-order valence-corrected chi connectivity index (χ4v) is 5.12. The Morgan fingerprint density at radius 2 is 1.46 bits per heavy atom. The van der Waals surface area contributed by atoms with Crippen LogP contribution >= 0.6 is 0 Å². The minimum atomic E-state index is -1.10. The largest absolute Gasteiger partial charge is 0.423 e. The summed E-state index contributed by atoms with van der Waals surface area (Å²) in [7, 11) is 0. The van der Waals surface area contributed by atoms with Crippen molar-refractivity contribution in [3.8, 4) is 5.75 Å². The van der Waals surface area contributed by atoms with Crippen molar-refractivity contribution < 1.29 is 28.9 Å². The van der Waals surface area contributed by atoms with Crippen molar-refractivity contribution in [2.75, 3.05) is 9.96 Å². The molecular weight excluding hydrogens is 526 g/mol. The van der Waals surface area contributed by atoms with Crippen LogP contribution in [0.3, 0.4) is 0 Å². The molecular formula is C31H23N3O7.